The van der Waals surface area contributed by atoms with E-state index in [1.807, 2.05) is 44.2 Å². The summed E-state index contributed by atoms with van der Waals surface area (Å²) in [4.78, 5) is 16.9. The van der Waals surface area contributed by atoms with Crippen LogP contribution in [0.25, 0.3) is 10.8 Å². The zero-order valence-electron chi connectivity index (χ0n) is 20.2. The molecule has 0 aromatic heterocycles. The Labute approximate surface area is 203 Å². The number of hydrogen-bond acceptors (Lipinski definition) is 5. The molecule has 1 aliphatic rings. The number of aryl methyl sites for hydroxylation is 2. The second-order valence-electron chi connectivity index (χ2n) is 9.24. The maximum Gasteiger partial charge on any atom is 0.238 e. The van der Waals surface area contributed by atoms with Crippen LogP contribution in [0.5, 0.6) is 0 Å². The van der Waals surface area contributed by atoms with Crippen LogP contribution < -0.4 is 5.32 Å². The first-order valence-electron chi connectivity index (χ1n) is 12.0. The molecule has 1 fully saturated rings. The fraction of sp³-hybridized carbons (Fsp3) is 0.393. The second kappa shape index (κ2) is 11.6. The summed E-state index contributed by atoms with van der Waals surface area (Å²) in [5, 5.41) is 15.9. The van der Waals surface area contributed by atoms with Crippen molar-refractivity contribution in [3.05, 3.63) is 77.4 Å². The Bertz CT molecular complexity index is 1100. The maximum atomic E-state index is 12.5. The number of rotatable bonds is 9. The van der Waals surface area contributed by atoms with Crippen LogP contribution in [0.1, 0.15) is 18.1 Å². The number of para-hydroxylation sites is 1. The van der Waals surface area contributed by atoms with Gasteiger partial charge in [0, 0.05) is 39.8 Å². The molecule has 0 spiro atoms. The average Bonchev–Trinajstić information content (AvgIpc) is 2.83. The van der Waals surface area contributed by atoms with Gasteiger partial charge in [-0.1, -0.05) is 54.6 Å². The molecule has 1 heterocycles. The van der Waals surface area contributed by atoms with Crippen molar-refractivity contribution in [3.8, 4) is 0 Å². The molecule has 0 aliphatic carbocycles. The van der Waals surface area contributed by atoms with E-state index in [4.69, 9.17) is 4.74 Å². The van der Waals surface area contributed by atoms with E-state index < -0.39 is 6.10 Å². The summed E-state index contributed by atoms with van der Waals surface area (Å²) in [7, 11) is 0. The number of nitrogens with one attached hydrogen (secondary N) is 1. The molecular formula is C28H37N3O3. The minimum absolute atomic E-state index is 0. The van der Waals surface area contributed by atoms with E-state index in [1.165, 1.54) is 10.8 Å². The van der Waals surface area contributed by atoms with Gasteiger partial charge in [-0.3, -0.25) is 14.6 Å². The lowest BCUT2D eigenvalue weighted by Gasteiger charge is -2.35. The molecule has 182 valence electrons. The molecule has 2 N–H and O–H groups in total. The molecule has 1 amide bonds. The summed E-state index contributed by atoms with van der Waals surface area (Å²) in [6, 6.07) is 20.6. The van der Waals surface area contributed by atoms with Crippen molar-refractivity contribution >= 4 is 22.4 Å². The second-order valence-corrected chi connectivity index (χ2v) is 9.24. The largest absolute Gasteiger partial charge is 0.389 e. The molecule has 34 heavy (non-hydrogen) atoms. The number of fused-ring (bicyclic) bond motifs is 1. The van der Waals surface area contributed by atoms with Crippen LogP contribution in [0.15, 0.2) is 60.7 Å². The maximum absolute atomic E-state index is 12.5. The average molecular weight is 464 g/mol. The van der Waals surface area contributed by atoms with E-state index in [2.05, 4.69) is 45.4 Å². The molecule has 1 saturated heterocycles. The number of hydrogen-bond donors (Lipinski definition) is 2. The molecule has 0 saturated carbocycles. The van der Waals surface area contributed by atoms with E-state index in [-0.39, 0.29) is 7.33 Å². The standard InChI is InChI=1S/C28H35N3O3.H2/c1-21-6-5-7-22(2)28(21)29-27(33)18-31-14-12-30(13-15-31)17-26(32)20-34-19-23-10-11-24-8-3-4-9-25(24)16-23;/h3-11,16,26,32H,12-15,17-20H2,1-2H3,(H,29,33);1H. The number of β-amino-alcohol motifs (C(OH)–C–C–N with tert-alkyl or cyclic N) is 1. The Kier molecular flexibility index (Phi) is 8.29. The quantitative estimate of drug-likeness (QED) is 0.505. The van der Waals surface area contributed by atoms with Crippen molar-refractivity contribution < 1.29 is 16.1 Å². The van der Waals surface area contributed by atoms with Gasteiger partial charge < -0.3 is 15.2 Å². The van der Waals surface area contributed by atoms with E-state index in [1.54, 1.807) is 0 Å². The first-order valence-corrected chi connectivity index (χ1v) is 12.0. The third-order valence-electron chi connectivity index (χ3n) is 6.44. The van der Waals surface area contributed by atoms with Gasteiger partial charge in [-0.25, -0.2) is 0 Å². The van der Waals surface area contributed by atoms with Gasteiger partial charge >= 0.3 is 0 Å². The predicted molar refractivity (Wildman–Crippen MR) is 139 cm³/mol. The SMILES string of the molecule is Cc1cccc(C)c1NC(=O)CN1CCN(CC(O)COCc2ccc3ccccc3c2)CC1.[HH]. The molecule has 3 aromatic carbocycles. The van der Waals surface area contributed by atoms with Gasteiger partial charge in [-0.15, -0.1) is 0 Å². The number of amides is 1. The topological polar surface area (TPSA) is 65.0 Å². The van der Waals surface area contributed by atoms with Crippen LogP contribution in [0.2, 0.25) is 0 Å². The molecule has 1 unspecified atom stereocenters. The van der Waals surface area contributed by atoms with Crippen LogP contribution in [0.3, 0.4) is 0 Å². The minimum Gasteiger partial charge on any atom is -0.389 e. The molecule has 0 bridgehead atoms. The third-order valence-corrected chi connectivity index (χ3v) is 6.44. The molecule has 1 atom stereocenters. The normalized spacial score (nSPS) is 16.0. The van der Waals surface area contributed by atoms with E-state index in [9.17, 15) is 9.90 Å². The molecule has 4 rings (SSSR count). The predicted octanol–water partition coefficient (Wildman–Crippen LogP) is 3.84. The van der Waals surface area contributed by atoms with Gasteiger partial charge in [0.2, 0.25) is 5.91 Å². The van der Waals surface area contributed by atoms with Crippen LogP contribution in [-0.2, 0) is 16.1 Å². The Balaban J connectivity index is 0.00000342. The van der Waals surface area contributed by atoms with Gasteiger partial charge in [0.1, 0.15) is 0 Å². The molecule has 0 radical (unpaired) electrons. The summed E-state index contributed by atoms with van der Waals surface area (Å²) in [5.74, 6) is 0.0213. The summed E-state index contributed by atoms with van der Waals surface area (Å²) >= 11 is 0. The van der Waals surface area contributed by atoms with Gasteiger partial charge in [-0.2, -0.15) is 0 Å². The lowest BCUT2D eigenvalue weighted by Crippen LogP contribution is -2.50. The third kappa shape index (κ3) is 6.64. The number of carbonyl (C=O) groups excluding carboxylic acids is 1. The number of piperazine rings is 1. The zero-order chi connectivity index (χ0) is 23.9. The summed E-state index contributed by atoms with van der Waals surface area (Å²) < 4.78 is 5.78. The molecule has 6 nitrogen and oxygen atoms in total. The molecule has 6 heteroatoms. The highest BCUT2D eigenvalue weighted by Gasteiger charge is 2.21. The molecule has 3 aromatic rings. The van der Waals surface area contributed by atoms with E-state index in [0.717, 1.165) is 48.6 Å². The summed E-state index contributed by atoms with van der Waals surface area (Å²) in [6.45, 7) is 9.08. The van der Waals surface area contributed by atoms with Crippen molar-refractivity contribution in [2.45, 2.75) is 26.6 Å². The van der Waals surface area contributed by atoms with E-state index in [0.29, 0.717) is 26.3 Å². The van der Waals surface area contributed by atoms with Gasteiger partial charge in [0.15, 0.2) is 0 Å². The van der Waals surface area contributed by atoms with Crippen molar-refractivity contribution in [3.63, 3.8) is 0 Å². The number of nitrogens with zero attached hydrogens (tertiary/aromatic N) is 2. The zero-order valence-corrected chi connectivity index (χ0v) is 20.2. The number of ether oxygens (including phenoxy) is 1. The van der Waals surface area contributed by atoms with E-state index >= 15 is 0 Å². The van der Waals surface area contributed by atoms with Crippen molar-refractivity contribution in [2.24, 2.45) is 0 Å². The molecule has 1 aliphatic heterocycles. The lowest BCUT2D eigenvalue weighted by atomic mass is 10.1. The Morgan fingerprint density at radius 3 is 2.38 bits per heavy atom. The van der Waals surface area contributed by atoms with Crippen molar-refractivity contribution in [2.75, 3.05) is 51.2 Å². The van der Waals surface area contributed by atoms with Gasteiger partial charge in [0.05, 0.1) is 25.9 Å². The Morgan fingerprint density at radius 2 is 1.65 bits per heavy atom. The van der Waals surface area contributed by atoms with Gasteiger partial charge in [0.25, 0.3) is 0 Å². The number of benzene rings is 3. The highest BCUT2D eigenvalue weighted by atomic mass is 16.5. The van der Waals surface area contributed by atoms with Crippen LogP contribution >= 0.6 is 0 Å². The fourth-order valence-electron chi connectivity index (χ4n) is 4.52. The molecular weight excluding hydrogens is 426 g/mol. The van der Waals surface area contributed by atoms with Gasteiger partial charge in [-0.05, 0) is 47.4 Å². The Morgan fingerprint density at radius 1 is 0.971 bits per heavy atom. The highest BCUT2D eigenvalue weighted by molar-refractivity contribution is 5.93. The number of anilines is 1. The number of carbonyl (C=O) groups is 1. The van der Waals surface area contributed by atoms with Crippen molar-refractivity contribution in [1.82, 2.24) is 9.80 Å². The minimum atomic E-state index is -0.528. The summed E-state index contributed by atoms with van der Waals surface area (Å²) in [6.07, 6.45) is -0.528. The van der Waals surface area contributed by atoms with Crippen LogP contribution in [0, 0.1) is 13.8 Å². The first-order chi connectivity index (χ1) is 16.5. The highest BCUT2D eigenvalue weighted by Crippen LogP contribution is 2.19. The monoisotopic (exact) mass is 463 g/mol. The van der Waals surface area contributed by atoms with Crippen molar-refractivity contribution in [1.29, 1.82) is 0 Å². The Hall–Kier alpha value is -2.77. The first kappa shape index (κ1) is 24.4. The summed E-state index contributed by atoms with van der Waals surface area (Å²) in [5.41, 5.74) is 4.18. The van der Waals surface area contributed by atoms with Crippen LogP contribution in [0.4, 0.5) is 5.69 Å². The van der Waals surface area contributed by atoms with Crippen LogP contribution in [-0.4, -0.2) is 72.8 Å². The lowest BCUT2D eigenvalue weighted by molar-refractivity contribution is -0.117. The number of aliphatic hydroxyl groups is 1. The number of aliphatic hydroxyl groups excluding tert-OH is 1. The fourth-order valence-corrected chi connectivity index (χ4v) is 4.52. The smallest absolute Gasteiger partial charge is 0.238 e.